The number of ether oxygens (including phenoxy) is 1. The first-order valence-electron chi connectivity index (χ1n) is 8.36. The van der Waals surface area contributed by atoms with Gasteiger partial charge >= 0.3 is 0 Å². The minimum Gasteiger partial charge on any atom is -0.356 e. The van der Waals surface area contributed by atoms with Crippen LogP contribution in [0.5, 0.6) is 0 Å². The SMILES string of the molecule is COC1([C@@]2(C)[C@H](C)CC(=O)N2OCc2ccccc2)SCCCS1. The van der Waals surface area contributed by atoms with Gasteiger partial charge in [0, 0.05) is 13.5 Å². The maximum absolute atomic E-state index is 12.6. The average molecular weight is 368 g/mol. The van der Waals surface area contributed by atoms with Gasteiger partial charge in [-0.1, -0.05) is 37.3 Å². The van der Waals surface area contributed by atoms with Gasteiger partial charge < -0.3 is 4.74 Å². The lowest BCUT2D eigenvalue weighted by atomic mass is 9.89. The summed E-state index contributed by atoms with van der Waals surface area (Å²) >= 11 is 3.61. The van der Waals surface area contributed by atoms with Gasteiger partial charge in [-0.25, -0.2) is 5.06 Å². The van der Waals surface area contributed by atoms with Crippen LogP contribution in [0.1, 0.15) is 32.3 Å². The predicted molar refractivity (Wildman–Crippen MR) is 99.5 cm³/mol. The van der Waals surface area contributed by atoms with Gasteiger partial charge in [-0.15, -0.1) is 23.5 Å². The van der Waals surface area contributed by atoms with Crippen molar-refractivity contribution in [3.8, 4) is 0 Å². The summed E-state index contributed by atoms with van der Waals surface area (Å²) < 4.78 is 5.54. The van der Waals surface area contributed by atoms with E-state index in [4.69, 9.17) is 9.57 Å². The quantitative estimate of drug-likeness (QED) is 0.789. The number of nitrogens with zero attached hydrogens (tertiary/aromatic N) is 1. The lowest BCUT2D eigenvalue weighted by Gasteiger charge is -2.51. The van der Waals surface area contributed by atoms with Crippen LogP contribution in [-0.2, 0) is 21.0 Å². The van der Waals surface area contributed by atoms with Crippen LogP contribution in [0.2, 0.25) is 0 Å². The number of hydrogen-bond acceptors (Lipinski definition) is 5. The molecule has 1 amide bonds. The van der Waals surface area contributed by atoms with Gasteiger partial charge in [-0.2, -0.15) is 0 Å². The number of carbonyl (C=O) groups excluding carboxylic acids is 1. The predicted octanol–water partition coefficient (Wildman–Crippen LogP) is 3.92. The number of carbonyl (C=O) groups is 1. The van der Waals surface area contributed by atoms with Crippen molar-refractivity contribution in [3.63, 3.8) is 0 Å². The van der Waals surface area contributed by atoms with E-state index in [9.17, 15) is 4.79 Å². The lowest BCUT2D eigenvalue weighted by Crippen LogP contribution is -2.61. The Morgan fingerprint density at radius 1 is 1.25 bits per heavy atom. The van der Waals surface area contributed by atoms with Crippen molar-refractivity contribution in [2.24, 2.45) is 5.92 Å². The van der Waals surface area contributed by atoms with Crippen molar-refractivity contribution in [2.75, 3.05) is 18.6 Å². The maximum Gasteiger partial charge on any atom is 0.247 e. The molecule has 0 aliphatic carbocycles. The summed E-state index contributed by atoms with van der Waals surface area (Å²) in [7, 11) is 1.75. The summed E-state index contributed by atoms with van der Waals surface area (Å²) in [5, 5.41) is 1.61. The number of benzene rings is 1. The Morgan fingerprint density at radius 3 is 2.54 bits per heavy atom. The Balaban J connectivity index is 1.86. The van der Waals surface area contributed by atoms with Gasteiger partial charge in [0.2, 0.25) is 5.91 Å². The summed E-state index contributed by atoms with van der Waals surface area (Å²) in [6, 6.07) is 9.96. The van der Waals surface area contributed by atoms with Crippen LogP contribution >= 0.6 is 23.5 Å². The Labute approximate surface area is 152 Å². The van der Waals surface area contributed by atoms with Crippen molar-refractivity contribution in [1.29, 1.82) is 0 Å². The van der Waals surface area contributed by atoms with Crippen molar-refractivity contribution in [3.05, 3.63) is 35.9 Å². The summed E-state index contributed by atoms with van der Waals surface area (Å²) in [5.41, 5.74) is 0.561. The molecule has 4 nitrogen and oxygen atoms in total. The molecular weight excluding hydrogens is 342 g/mol. The average Bonchev–Trinajstić information content (AvgIpc) is 2.84. The smallest absolute Gasteiger partial charge is 0.247 e. The molecule has 1 aromatic carbocycles. The van der Waals surface area contributed by atoms with Crippen LogP contribution in [0, 0.1) is 5.92 Å². The van der Waals surface area contributed by atoms with Crippen LogP contribution in [0.4, 0.5) is 0 Å². The zero-order chi connectivity index (χ0) is 17.2. The highest BCUT2D eigenvalue weighted by Gasteiger charge is 2.63. The molecule has 0 saturated carbocycles. The molecule has 6 heteroatoms. The number of amides is 1. The Bertz CT molecular complexity index is 577. The molecule has 2 aliphatic heterocycles. The molecular formula is C18H25NO3S2. The highest BCUT2D eigenvalue weighted by Crippen LogP contribution is 2.57. The third kappa shape index (κ3) is 2.98. The molecule has 3 rings (SSSR count). The number of methoxy groups -OCH3 is 1. The molecule has 1 aromatic rings. The van der Waals surface area contributed by atoms with E-state index in [0.717, 1.165) is 17.1 Å². The van der Waals surface area contributed by atoms with Gasteiger partial charge in [-0.05, 0) is 36.3 Å². The number of thioether (sulfide) groups is 2. The van der Waals surface area contributed by atoms with E-state index >= 15 is 0 Å². The first kappa shape index (κ1) is 18.1. The van der Waals surface area contributed by atoms with E-state index in [0.29, 0.717) is 13.0 Å². The molecule has 2 fully saturated rings. The van der Waals surface area contributed by atoms with Crippen LogP contribution in [0.25, 0.3) is 0 Å². The largest absolute Gasteiger partial charge is 0.356 e. The minimum absolute atomic E-state index is 0.0455. The molecule has 0 unspecified atom stereocenters. The first-order valence-corrected chi connectivity index (χ1v) is 10.3. The molecule has 0 radical (unpaired) electrons. The fourth-order valence-electron chi connectivity index (χ4n) is 3.48. The molecule has 2 aliphatic rings. The maximum atomic E-state index is 12.6. The fraction of sp³-hybridized carbons (Fsp3) is 0.611. The van der Waals surface area contributed by atoms with Gasteiger partial charge in [0.05, 0.1) is 0 Å². The highest BCUT2D eigenvalue weighted by molar-refractivity contribution is 8.18. The molecule has 2 atom stereocenters. The third-order valence-corrected chi connectivity index (χ3v) is 8.67. The lowest BCUT2D eigenvalue weighted by molar-refractivity contribution is -0.231. The fourth-order valence-corrected chi connectivity index (χ4v) is 7.00. The second kappa shape index (κ2) is 7.28. The second-order valence-corrected chi connectivity index (χ2v) is 9.31. The van der Waals surface area contributed by atoms with E-state index in [1.807, 2.05) is 30.3 Å². The van der Waals surface area contributed by atoms with Crippen LogP contribution < -0.4 is 0 Å². The summed E-state index contributed by atoms with van der Waals surface area (Å²) in [4.78, 5) is 18.7. The number of hydrogen-bond donors (Lipinski definition) is 0. The Kier molecular flexibility index (Phi) is 5.49. The molecule has 2 heterocycles. The summed E-state index contributed by atoms with van der Waals surface area (Å²) in [6.45, 7) is 4.63. The molecule has 2 saturated heterocycles. The molecule has 0 N–H and O–H groups in total. The molecule has 0 bridgehead atoms. The number of rotatable bonds is 5. The zero-order valence-electron chi connectivity index (χ0n) is 14.5. The van der Waals surface area contributed by atoms with E-state index in [2.05, 4.69) is 13.8 Å². The zero-order valence-corrected chi connectivity index (χ0v) is 16.1. The van der Waals surface area contributed by atoms with E-state index in [1.165, 1.54) is 6.42 Å². The van der Waals surface area contributed by atoms with Gasteiger partial charge in [0.15, 0.2) is 4.27 Å². The van der Waals surface area contributed by atoms with Gasteiger partial charge in [0.1, 0.15) is 12.1 Å². The third-order valence-electron chi connectivity index (χ3n) is 5.05. The van der Waals surface area contributed by atoms with E-state index in [-0.39, 0.29) is 11.8 Å². The minimum atomic E-state index is -0.497. The van der Waals surface area contributed by atoms with Gasteiger partial charge in [-0.3, -0.25) is 9.63 Å². The van der Waals surface area contributed by atoms with Crippen LogP contribution in [-0.4, -0.2) is 39.4 Å². The molecule has 132 valence electrons. The standard InChI is InChI=1S/C18H25NO3S2/c1-14-12-16(20)19(22-13-15-8-5-4-6-9-15)17(14,2)18(21-3)23-10-7-11-24-18/h4-6,8-9,14H,7,10-13H2,1-3H3/t14-,17-/m1/s1. The molecule has 24 heavy (non-hydrogen) atoms. The van der Waals surface area contributed by atoms with Crippen LogP contribution in [0.15, 0.2) is 30.3 Å². The summed E-state index contributed by atoms with van der Waals surface area (Å²) in [6.07, 6.45) is 1.67. The summed E-state index contributed by atoms with van der Waals surface area (Å²) in [5.74, 6) is 2.30. The topological polar surface area (TPSA) is 38.8 Å². The van der Waals surface area contributed by atoms with Crippen molar-refractivity contribution >= 4 is 29.4 Å². The molecule has 0 aromatic heterocycles. The normalized spacial score (nSPS) is 29.9. The van der Waals surface area contributed by atoms with Crippen molar-refractivity contribution < 1.29 is 14.4 Å². The highest BCUT2D eigenvalue weighted by atomic mass is 32.2. The van der Waals surface area contributed by atoms with Crippen molar-refractivity contribution in [1.82, 2.24) is 5.06 Å². The van der Waals surface area contributed by atoms with E-state index in [1.54, 1.807) is 35.7 Å². The van der Waals surface area contributed by atoms with Gasteiger partial charge in [0.25, 0.3) is 0 Å². The first-order chi connectivity index (χ1) is 11.5. The molecule has 0 spiro atoms. The second-order valence-electron chi connectivity index (χ2n) is 6.51. The van der Waals surface area contributed by atoms with Crippen molar-refractivity contribution in [2.45, 2.75) is 43.1 Å². The van der Waals surface area contributed by atoms with Crippen LogP contribution in [0.3, 0.4) is 0 Å². The Morgan fingerprint density at radius 2 is 1.92 bits per heavy atom. The number of hydroxylamine groups is 2. The monoisotopic (exact) mass is 367 g/mol. The Hall–Kier alpha value is -0.690. The van der Waals surface area contributed by atoms with E-state index < -0.39 is 9.80 Å².